The van der Waals surface area contributed by atoms with Gasteiger partial charge in [-0.05, 0) is 72.1 Å². The van der Waals surface area contributed by atoms with Crippen LogP contribution in [0.15, 0.2) is 97.2 Å². The normalized spacial score (nSPS) is 11.3. The van der Waals surface area contributed by atoms with Crippen LogP contribution in [0, 0.1) is 11.3 Å². The van der Waals surface area contributed by atoms with Gasteiger partial charge in [-0.3, -0.25) is 4.79 Å². The van der Waals surface area contributed by atoms with E-state index in [2.05, 4.69) is 28.3 Å². The average Bonchev–Trinajstić information content (AvgIpc) is 3.69. The molecule has 8 heteroatoms. The van der Waals surface area contributed by atoms with Crippen molar-refractivity contribution >= 4 is 33.4 Å². The SMILES string of the molecule is COc1cccc(Cc2cccc3c2cc(C(=O)c2cnn4c2[nH]c2cc(Oc5cccc(C#N)c5)ccc24)n3C)c1. The smallest absolute Gasteiger partial charge is 0.214 e. The number of ether oxygens (including phenoxy) is 2. The molecule has 0 unspecified atom stereocenters. The largest absolute Gasteiger partial charge is 0.497 e. The summed E-state index contributed by atoms with van der Waals surface area (Å²) in [6, 6.07) is 30.9. The molecule has 0 saturated carbocycles. The molecule has 3 aromatic heterocycles. The van der Waals surface area contributed by atoms with E-state index >= 15 is 0 Å². The van der Waals surface area contributed by atoms with E-state index in [1.165, 1.54) is 0 Å². The molecule has 0 bridgehead atoms. The van der Waals surface area contributed by atoms with Crippen molar-refractivity contribution in [3.8, 4) is 23.3 Å². The number of hydrogen-bond donors (Lipinski definition) is 1. The van der Waals surface area contributed by atoms with Crippen LogP contribution in [0.4, 0.5) is 0 Å². The summed E-state index contributed by atoms with van der Waals surface area (Å²) in [5, 5.41) is 14.7. The second kappa shape index (κ2) is 9.98. The molecule has 0 saturated heterocycles. The first-order valence-electron chi connectivity index (χ1n) is 13.4. The van der Waals surface area contributed by atoms with Gasteiger partial charge in [-0.1, -0.05) is 30.3 Å². The van der Waals surface area contributed by atoms with Crippen LogP contribution in [0.3, 0.4) is 0 Å². The minimum atomic E-state index is -0.118. The summed E-state index contributed by atoms with van der Waals surface area (Å²) in [6.45, 7) is 0. The molecule has 0 aliphatic carbocycles. The number of carbonyl (C=O) groups excluding carboxylic acids is 1. The number of ketones is 1. The second-order valence-corrected chi connectivity index (χ2v) is 10.2. The second-order valence-electron chi connectivity index (χ2n) is 10.2. The maximum absolute atomic E-state index is 13.9. The molecule has 0 aliphatic rings. The molecule has 0 aliphatic heterocycles. The number of benzene rings is 4. The van der Waals surface area contributed by atoms with E-state index in [0.29, 0.717) is 34.0 Å². The number of carbonyl (C=O) groups is 1. The van der Waals surface area contributed by atoms with Gasteiger partial charge in [0.15, 0.2) is 0 Å². The predicted molar refractivity (Wildman–Crippen MR) is 160 cm³/mol. The number of imidazole rings is 1. The van der Waals surface area contributed by atoms with Crippen molar-refractivity contribution in [1.29, 1.82) is 5.26 Å². The number of aromatic nitrogens is 4. The number of methoxy groups -OCH3 is 1. The number of hydrogen-bond acceptors (Lipinski definition) is 5. The van der Waals surface area contributed by atoms with E-state index < -0.39 is 0 Å². The lowest BCUT2D eigenvalue weighted by Crippen LogP contribution is -2.07. The Bertz CT molecular complexity index is 2190. The fraction of sp³-hybridized carbons (Fsp3) is 0.0882. The third kappa shape index (κ3) is 4.25. The summed E-state index contributed by atoms with van der Waals surface area (Å²) < 4.78 is 15.1. The van der Waals surface area contributed by atoms with Gasteiger partial charge in [-0.25, -0.2) is 4.52 Å². The topological polar surface area (TPSA) is 97.3 Å². The monoisotopic (exact) mass is 551 g/mol. The van der Waals surface area contributed by atoms with Crippen LogP contribution in [0.2, 0.25) is 0 Å². The zero-order valence-corrected chi connectivity index (χ0v) is 23.0. The van der Waals surface area contributed by atoms with Gasteiger partial charge in [0.25, 0.3) is 0 Å². The van der Waals surface area contributed by atoms with Crippen molar-refractivity contribution in [2.75, 3.05) is 7.11 Å². The first kappa shape index (κ1) is 25.2. The predicted octanol–water partition coefficient (Wildman–Crippen LogP) is 6.80. The maximum Gasteiger partial charge on any atom is 0.214 e. The summed E-state index contributed by atoms with van der Waals surface area (Å²) in [6.07, 6.45) is 2.33. The molecule has 0 spiro atoms. The minimum Gasteiger partial charge on any atom is -0.497 e. The fourth-order valence-corrected chi connectivity index (χ4v) is 5.51. The number of nitrogens with one attached hydrogen (secondary N) is 1. The number of rotatable bonds is 7. The quantitative estimate of drug-likeness (QED) is 0.220. The Morgan fingerprint density at radius 3 is 2.60 bits per heavy atom. The van der Waals surface area contributed by atoms with E-state index in [4.69, 9.17) is 9.47 Å². The molecule has 204 valence electrons. The molecule has 7 aromatic rings. The molecule has 3 heterocycles. The highest BCUT2D eigenvalue weighted by Crippen LogP contribution is 2.30. The number of nitrogens with zero attached hydrogens (tertiary/aromatic N) is 4. The van der Waals surface area contributed by atoms with Gasteiger partial charge in [0, 0.05) is 24.0 Å². The van der Waals surface area contributed by atoms with Crippen LogP contribution in [0.5, 0.6) is 17.2 Å². The summed E-state index contributed by atoms with van der Waals surface area (Å²) in [5.41, 5.74) is 7.05. The maximum atomic E-state index is 13.9. The molecule has 0 fully saturated rings. The molecular formula is C34H25N5O3. The van der Waals surface area contributed by atoms with Crippen LogP contribution in [0.25, 0.3) is 27.6 Å². The molecular weight excluding hydrogens is 526 g/mol. The zero-order chi connectivity index (χ0) is 28.8. The summed E-state index contributed by atoms with van der Waals surface area (Å²) >= 11 is 0. The molecule has 0 radical (unpaired) electrons. The number of fused-ring (bicyclic) bond motifs is 4. The van der Waals surface area contributed by atoms with E-state index in [1.54, 1.807) is 42.1 Å². The Hall–Kier alpha value is -5.81. The zero-order valence-electron chi connectivity index (χ0n) is 23.0. The molecule has 8 nitrogen and oxygen atoms in total. The summed E-state index contributed by atoms with van der Waals surface area (Å²) in [5.74, 6) is 1.88. The highest BCUT2D eigenvalue weighted by Gasteiger charge is 2.22. The highest BCUT2D eigenvalue weighted by molar-refractivity contribution is 6.14. The van der Waals surface area contributed by atoms with Crippen molar-refractivity contribution in [3.05, 3.63) is 125 Å². The van der Waals surface area contributed by atoms with Gasteiger partial charge in [0.2, 0.25) is 5.78 Å². The van der Waals surface area contributed by atoms with Gasteiger partial charge in [-0.15, -0.1) is 0 Å². The average molecular weight is 552 g/mol. The van der Waals surface area contributed by atoms with Crippen molar-refractivity contribution in [1.82, 2.24) is 19.2 Å². The third-order valence-electron chi connectivity index (χ3n) is 7.60. The summed E-state index contributed by atoms with van der Waals surface area (Å²) in [4.78, 5) is 17.3. The van der Waals surface area contributed by atoms with Gasteiger partial charge in [0.1, 0.15) is 22.9 Å². The van der Waals surface area contributed by atoms with E-state index in [9.17, 15) is 10.1 Å². The Morgan fingerprint density at radius 1 is 0.929 bits per heavy atom. The van der Waals surface area contributed by atoms with Crippen molar-refractivity contribution in [3.63, 3.8) is 0 Å². The van der Waals surface area contributed by atoms with Crippen LogP contribution in [-0.2, 0) is 13.5 Å². The lowest BCUT2D eigenvalue weighted by atomic mass is 10.0. The molecule has 0 atom stereocenters. The Morgan fingerprint density at radius 2 is 1.74 bits per heavy atom. The molecule has 7 rings (SSSR count). The van der Waals surface area contributed by atoms with Gasteiger partial charge in [-0.2, -0.15) is 10.4 Å². The van der Waals surface area contributed by atoms with Crippen molar-refractivity contribution in [2.45, 2.75) is 6.42 Å². The lowest BCUT2D eigenvalue weighted by Gasteiger charge is -2.07. The molecule has 42 heavy (non-hydrogen) atoms. The first-order valence-corrected chi connectivity index (χ1v) is 13.4. The number of aryl methyl sites for hydroxylation is 1. The van der Waals surface area contributed by atoms with Gasteiger partial charge < -0.3 is 19.0 Å². The number of aromatic amines is 1. The standard InChI is InChI=1S/C34H25N5O3/c1-38-30-11-5-8-23(14-21-6-3-9-24(15-21)41-2)27(30)18-32(38)33(40)28-20-36-39-31-13-12-26(17-29(31)37-34(28)39)42-25-10-4-7-22(16-25)19-35/h3-13,15-18,20,37H,14H2,1-2H3. The number of H-pyrrole nitrogens is 1. The van der Waals surface area contributed by atoms with Crippen molar-refractivity contribution < 1.29 is 14.3 Å². The molecule has 0 amide bonds. The summed E-state index contributed by atoms with van der Waals surface area (Å²) in [7, 11) is 3.58. The van der Waals surface area contributed by atoms with Gasteiger partial charge >= 0.3 is 0 Å². The minimum absolute atomic E-state index is 0.118. The lowest BCUT2D eigenvalue weighted by molar-refractivity contribution is 0.103. The van der Waals surface area contributed by atoms with Crippen LogP contribution in [-0.4, -0.2) is 32.1 Å². The fourth-order valence-electron chi connectivity index (χ4n) is 5.51. The Labute approximate surface area is 241 Å². The number of nitriles is 1. The van der Waals surface area contributed by atoms with Gasteiger partial charge in [0.05, 0.1) is 47.2 Å². The van der Waals surface area contributed by atoms with E-state index in [0.717, 1.165) is 45.2 Å². The molecule has 1 N–H and O–H groups in total. The molecule has 4 aromatic carbocycles. The van der Waals surface area contributed by atoms with E-state index in [1.807, 2.05) is 66.2 Å². The van der Waals surface area contributed by atoms with Crippen LogP contribution >= 0.6 is 0 Å². The first-order chi connectivity index (χ1) is 20.5. The third-order valence-corrected chi connectivity index (χ3v) is 7.60. The Kier molecular flexibility index (Phi) is 5.98. The van der Waals surface area contributed by atoms with Crippen molar-refractivity contribution in [2.24, 2.45) is 7.05 Å². The highest BCUT2D eigenvalue weighted by atomic mass is 16.5. The van der Waals surface area contributed by atoms with Crippen LogP contribution in [0.1, 0.15) is 32.7 Å². The van der Waals surface area contributed by atoms with E-state index in [-0.39, 0.29) is 5.78 Å². The van der Waals surface area contributed by atoms with Crippen LogP contribution < -0.4 is 9.47 Å². The Balaban J connectivity index is 1.23.